The lowest BCUT2D eigenvalue weighted by Gasteiger charge is -2.28. The van der Waals surface area contributed by atoms with E-state index in [0.717, 1.165) is 0 Å². The molecule has 126 valence electrons. The zero-order chi connectivity index (χ0) is 17.6. The van der Waals surface area contributed by atoms with E-state index in [1.807, 2.05) is 0 Å². The van der Waals surface area contributed by atoms with Crippen LogP contribution in [0.3, 0.4) is 0 Å². The number of aliphatic carboxylic acids is 1. The Kier molecular flexibility index (Phi) is 5.68. The van der Waals surface area contributed by atoms with Gasteiger partial charge in [0.1, 0.15) is 6.61 Å². The molecule has 2 aromatic rings. The summed E-state index contributed by atoms with van der Waals surface area (Å²) >= 11 is 0. The first-order valence-corrected chi connectivity index (χ1v) is 7.32. The van der Waals surface area contributed by atoms with Gasteiger partial charge in [-0.1, -0.05) is 60.7 Å². The average molecular weight is 330 g/mol. The van der Waals surface area contributed by atoms with Gasteiger partial charge in [0.2, 0.25) is 5.60 Å². The molecular weight excluding hydrogens is 312 g/mol. The van der Waals surface area contributed by atoms with Crippen LogP contribution in [0, 0.1) is 0 Å². The molecule has 0 fully saturated rings. The quantitative estimate of drug-likeness (QED) is 0.658. The van der Waals surface area contributed by atoms with Gasteiger partial charge in [0.15, 0.2) is 6.10 Å². The monoisotopic (exact) mass is 330 g/mol. The Hall–Kier alpha value is -2.70. The van der Waals surface area contributed by atoms with E-state index in [9.17, 15) is 19.8 Å². The van der Waals surface area contributed by atoms with Crippen LogP contribution in [0.2, 0.25) is 0 Å². The molecule has 0 amide bonds. The molecule has 0 heterocycles. The first-order chi connectivity index (χ1) is 11.4. The third kappa shape index (κ3) is 4.18. The van der Waals surface area contributed by atoms with Crippen molar-refractivity contribution >= 4 is 11.9 Å². The topological polar surface area (TPSA) is 104 Å². The summed E-state index contributed by atoms with van der Waals surface area (Å²) in [5, 5.41) is 29.4. The fourth-order valence-corrected chi connectivity index (χ4v) is 2.24. The summed E-state index contributed by atoms with van der Waals surface area (Å²) in [5.41, 5.74) is -1.41. The summed E-state index contributed by atoms with van der Waals surface area (Å²) in [4.78, 5) is 23.4. The summed E-state index contributed by atoms with van der Waals surface area (Å²) in [5.74, 6) is -2.89. The molecule has 0 saturated heterocycles. The molecule has 0 aliphatic carbocycles. The van der Waals surface area contributed by atoms with E-state index in [-0.39, 0.29) is 13.0 Å². The fraction of sp³-hybridized carbons (Fsp3) is 0.222. The van der Waals surface area contributed by atoms with Gasteiger partial charge in [0.25, 0.3) is 0 Å². The van der Waals surface area contributed by atoms with Gasteiger partial charge >= 0.3 is 11.9 Å². The molecule has 0 spiro atoms. The van der Waals surface area contributed by atoms with Crippen LogP contribution in [-0.4, -0.2) is 39.0 Å². The third-order valence-corrected chi connectivity index (χ3v) is 3.57. The number of carbonyl (C=O) groups excluding carboxylic acids is 1. The van der Waals surface area contributed by atoms with Crippen molar-refractivity contribution in [3.8, 4) is 0 Å². The van der Waals surface area contributed by atoms with E-state index >= 15 is 0 Å². The maximum Gasteiger partial charge on any atom is 0.342 e. The number of carboxylic acid groups (broad SMARTS) is 1. The zero-order valence-electron chi connectivity index (χ0n) is 12.8. The lowest BCUT2D eigenvalue weighted by molar-refractivity contribution is -0.188. The summed E-state index contributed by atoms with van der Waals surface area (Å²) in [6.07, 6.45) is -2.68. The van der Waals surface area contributed by atoms with Crippen LogP contribution >= 0.6 is 0 Å². The van der Waals surface area contributed by atoms with Crippen molar-refractivity contribution in [1.29, 1.82) is 0 Å². The van der Waals surface area contributed by atoms with Crippen LogP contribution in [0.25, 0.3) is 0 Å². The van der Waals surface area contributed by atoms with Crippen LogP contribution in [0.5, 0.6) is 0 Å². The Balaban J connectivity index is 2.18. The van der Waals surface area contributed by atoms with E-state index in [1.165, 1.54) is 0 Å². The second-order valence-electron chi connectivity index (χ2n) is 5.39. The third-order valence-electron chi connectivity index (χ3n) is 3.57. The number of hydrogen-bond acceptors (Lipinski definition) is 5. The number of rotatable bonds is 7. The highest BCUT2D eigenvalue weighted by molar-refractivity contribution is 5.88. The van der Waals surface area contributed by atoms with Gasteiger partial charge in [0.05, 0.1) is 0 Å². The van der Waals surface area contributed by atoms with Gasteiger partial charge in [-0.3, -0.25) is 0 Å². The number of carboxylic acids is 1. The van der Waals surface area contributed by atoms with Crippen LogP contribution < -0.4 is 0 Å². The van der Waals surface area contributed by atoms with Crippen LogP contribution in [0.1, 0.15) is 11.1 Å². The average Bonchev–Trinajstić information content (AvgIpc) is 2.60. The Morgan fingerprint density at radius 1 is 0.958 bits per heavy atom. The van der Waals surface area contributed by atoms with Gasteiger partial charge in [-0.15, -0.1) is 0 Å². The molecule has 0 aliphatic heterocycles. The highest BCUT2D eigenvalue weighted by atomic mass is 16.6. The lowest BCUT2D eigenvalue weighted by Crippen LogP contribution is -2.55. The second-order valence-corrected chi connectivity index (χ2v) is 5.39. The van der Waals surface area contributed by atoms with Crippen molar-refractivity contribution < 1.29 is 29.6 Å². The Morgan fingerprint density at radius 3 is 1.96 bits per heavy atom. The van der Waals surface area contributed by atoms with Crippen molar-refractivity contribution in [3.05, 3.63) is 71.8 Å². The van der Waals surface area contributed by atoms with Crippen LogP contribution in [0.15, 0.2) is 60.7 Å². The van der Waals surface area contributed by atoms with E-state index in [0.29, 0.717) is 11.1 Å². The molecule has 2 atom stereocenters. The van der Waals surface area contributed by atoms with Gasteiger partial charge in [0, 0.05) is 6.42 Å². The molecule has 24 heavy (non-hydrogen) atoms. The minimum atomic E-state index is -2.58. The number of ether oxygens (including phenoxy) is 1. The Labute approximate surface area is 138 Å². The van der Waals surface area contributed by atoms with Gasteiger partial charge < -0.3 is 20.1 Å². The smallest absolute Gasteiger partial charge is 0.342 e. The van der Waals surface area contributed by atoms with Crippen molar-refractivity contribution in [2.24, 2.45) is 0 Å². The summed E-state index contributed by atoms with van der Waals surface area (Å²) in [6.45, 7) is -0.136. The van der Waals surface area contributed by atoms with Crippen LogP contribution in [0.4, 0.5) is 0 Å². The number of hydrogen-bond donors (Lipinski definition) is 3. The van der Waals surface area contributed by atoms with Crippen molar-refractivity contribution in [2.45, 2.75) is 24.7 Å². The van der Waals surface area contributed by atoms with Crippen molar-refractivity contribution in [3.63, 3.8) is 0 Å². The maximum atomic E-state index is 12.3. The van der Waals surface area contributed by atoms with E-state index in [4.69, 9.17) is 9.84 Å². The van der Waals surface area contributed by atoms with Crippen molar-refractivity contribution in [2.75, 3.05) is 0 Å². The van der Waals surface area contributed by atoms with E-state index in [1.54, 1.807) is 60.7 Å². The fourth-order valence-electron chi connectivity index (χ4n) is 2.24. The summed E-state index contributed by atoms with van der Waals surface area (Å²) in [6, 6.07) is 17.1. The van der Waals surface area contributed by atoms with Crippen LogP contribution in [-0.2, 0) is 27.4 Å². The molecule has 6 nitrogen and oxygen atoms in total. The lowest BCUT2D eigenvalue weighted by atomic mass is 9.89. The van der Waals surface area contributed by atoms with Gasteiger partial charge in [-0.05, 0) is 11.1 Å². The number of aliphatic hydroxyl groups is 2. The molecule has 0 saturated carbocycles. The Morgan fingerprint density at radius 2 is 1.46 bits per heavy atom. The second kappa shape index (κ2) is 7.72. The highest BCUT2D eigenvalue weighted by Crippen LogP contribution is 2.21. The SMILES string of the molecule is O=C(O)C(O)C(O)(Cc1ccccc1)C(=O)OCc1ccccc1. The summed E-state index contributed by atoms with van der Waals surface area (Å²) in [7, 11) is 0. The number of carbonyl (C=O) groups is 2. The predicted octanol–water partition coefficient (Wildman–Crippen LogP) is 1.15. The summed E-state index contributed by atoms with van der Waals surface area (Å²) < 4.78 is 5.02. The molecule has 0 bridgehead atoms. The number of aliphatic hydroxyl groups excluding tert-OH is 1. The zero-order valence-corrected chi connectivity index (χ0v) is 12.8. The first-order valence-electron chi connectivity index (χ1n) is 7.32. The maximum absolute atomic E-state index is 12.3. The standard InChI is InChI=1S/C18H18O6/c19-15(16(20)21)18(23,11-13-7-3-1-4-8-13)17(22)24-12-14-9-5-2-6-10-14/h1-10,15,19,23H,11-12H2,(H,20,21). The number of benzene rings is 2. The highest BCUT2D eigenvalue weighted by Gasteiger charge is 2.49. The molecule has 6 heteroatoms. The molecule has 0 radical (unpaired) electrons. The molecule has 0 aromatic heterocycles. The largest absolute Gasteiger partial charge is 0.479 e. The first kappa shape index (κ1) is 17.7. The molecule has 2 aromatic carbocycles. The predicted molar refractivity (Wildman–Crippen MR) is 85.0 cm³/mol. The molecule has 2 unspecified atom stereocenters. The van der Waals surface area contributed by atoms with Gasteiger partial charge in [-0.25, -0.2) is 9.59 Å². The molecule has 0 aliphatic rings. The van der Waals surface area contributed by atoms with Crippen molar-refractivity contribution in [1.82, 2.24) is 0 Å². The van der Waals surface area contributed by atoms with E-state index in [2.05, 4.69) is 0 Å². The molecule has 2 rings (SSSR count). The normalized spacial score (nSPS) is 14.4. The minimum absolute atomic E-state index is 0.136. The molecule has 3 N–H and O–H groups in total. The Bertz CT molecular complexity index is 685. The minimum Gasteiger partial charge on any atom is -0.479 e. The molecular formula is C18H18O6. The van der Waals surface area contributed by atoms with E-state index < -0.39 is 23.6 Å². The van der Waals surface area contributed by atoms with Gasteiger partial charge in [-0.2, -0.15) is 0 Å². The number of esters is 1.